The molecule has 1 fully saturated rings. The van der Waals surface area contributed by atoms with Crippen molar-refractivity contribution < 1.29 is 0 Å². The quantitative estimate of drug-likeness (QED) is 0.908. The van der Waals surface area contributed by atoms with Crippen LogP contribution in [0.5, 0.6) is 0 Å². The average molecular weight is 260 g/mol. The van der Waals surface area contributed by atoms with Crippen molar-refractivity contribution in [2.75, 3.05) is 0 Å². The molecule has 2 heterocycles. The third-order valence-corrected chi connectivity index (χ3v) is 5.82. The summed E-state index contributed by atoms with van der Waals surface area (Å²) in [6.45, 7) is 4.54. The van der Waals surface area contributed by atoms with Gasteiger partial charge in [-0.3, -0.25) is 4.98 Å². The molecule has 2 unspecified atom stereocenters. The largest absolute Gasteiger partial charge is 0.327 e. The first-order valence-electron chi connectivity index (χ1n) is 6.80. The van der Waals surface area contributed by atoms with Crippen LogP contribution in [0.3, 0.4) is 0 Å². The van der Waals surface area contributed by atoms with Crippen LogP contribution in [0.2, 0.25) is 0 Å². The normalized spacial score (nSPS) is 26.2. The monoisotopic (exact) mass is 260 g/mol. The number of fused-ring (bicyclic) bond motifs is 1. The Morgan fingerprint density at radius 2 is 2.22 bits per heavy atom. The Balaban J connectivity index is 1.99. The van der Waals surface area contributed by atoms with Gasteiger partial charge in [-0.25, -0.2) is 0 Å². The van der Waals surface area contributed by atoms with Crippen LogP contribution in [0.4, 0.5) is 0 Å². The van der Waals surface area contributed by atoms with Crippen LogP contribution in [0.25, 0.3) is 10.2 Å². The predicted molar refractivity (Wildman–Crippen MR) is 78.0 cm³/mol. The van der Waals surface area contributed by atoms with Crippen molar-refractivity contribution in [1.82, 2.24) is 4.98 Å². The van der Waals surface area contributed by atoms with Gasteiger partial charge in [0.1, 0.15) is 0 Å². The fourth-order valence-electron chi connectivity index (χ4n) is 3.61. The molecule has 18 heavy (non-hydrogen) atoms. The van der Waals surface area contributed by atoms with Gasteiger partial charge in [-0.2, -0.15) is 0 Å². The van der Waals surface area contributed by atoms with Gasteiger partial charge >= 0.3 is 0 Å². The first kappa shape index (κ1) is 12.1. The van der Waals surface area contributed by atoms with Crippen LogP contribution in [-0.2, 0) is 0 Å². The molecule has 2 N–H and O–H groups in total. The molecule has 0 aliphatic heterocycles. The Labute approximate surface area is 112 Å². The lowest BCUT2D eigenvalue weighted by Gasteiger charge is -2.54. The maximum absolute atomic E-state index is 6.28. The summed E-state index contributed by atoms with van der Waals surface area (Å²) < 4.78 is 1.30. The first-order chi connectivity index (χ1) is 8.71. The number of pyridine rings is 1. The zero-order valence-corrected chi connectivity index (χ0v) is 11.8. The molecule has 0 saturated heterocycles. The molecule has 3 heteroatoms. The second kappa shape index (κ2) is 4.32. The van der Waals surface area contributed by atoms with Crippen molar-refractivity contribution in [2.45, 2.75) is 45.1 Å². The number of hydrogen-bond acceptors (Lipinski definition) is 3. The number of nitrogens with two attached hydrogens (primary N) is 1. The second-order valence-corrected chi connectivity index (χ2v) is 6.36. The number of nitrogens with zero attached hydrogens (tertiary/aromatic N) is 1. The highest BCUT2D eigenvalue weighted by Gasteiger charge is 2.51. The Bertz CT molecular complexity index is 556. The molecule has 2 aromatic rings. The second-order valence-electron chi connectivity index (χ2n) is 5.41. The van der Waals surface area contributed by atoms with E-state index in [1.807, 2.05) is 0 Å². The molecule has 0 aromatic carbocycles. The lowest BCUT2D eigenvalue weighted by atomic mass is 9.52. The summed E-state index contributed by atoms with van der Waals surface area (Å²) >= 11 is 1.78. The molecule has 2 nitrogen and oxygen atoms in total. The summed E-state index contributed by atoms with van der Waals surface area (Å²) in [5.74, 6) is 0.599. The highest BCUT2D eigenvalue weighted by molar-refractivity contribution is 7.17. The summed E-state index contributed by atoms with van der Waals surface area (Å²) in [5.41, 5.74) is 9.08. The van der Waals surface area contributed by atoms with Gasteiger partial charge in [0.25, 0.3) is 0 Å². The van der Waals surface area contributed by atoms with E-state index in [-0.39, 0.29) is 0 Å². The van der Waals surface area contributed by atoms with Gasteiger partial charge in [0.05, 0.1) is 10.2 Å². The van der Waals surface area contributed by atoms with Crippen molar-refractivity contribution in [3.05, 3.63) is 29.3 Å². The minimum Gasteiger partial charge on any atom is -0.327 e. The van der Waals surface area contributed by atoms with Crippen molar-refractivity contribution in [3.63, 3.8) is 0 Å². The van der Waals surface area contributed by atoms with Gasteiger partial charge in [-0.15, -0.1) is 11.3 Å². The SMILES string of the molecule is CCC1(CC)C(N)CC1c1cnc2ccsc2c1. The van der Waals surface area contributed by atoms with Crippen molar-refractivity contribution in [2.24, 2.45) is 11.1 Å². The summed E-state index contributed by atoms with van der Waals surface area (Å²) in [5, 5.41) is 2.11. The van der Waals surface area contributed by atoms with E-state index in [2.05, 4.69) is 42.5 Å². The fraction of sp³-hybridized carbons (Fsp3) is 0.533. The van der Waals surface area contributed by atoms with Crippen molar-refractivity contribution in [1.29, 1.82) is 0 Å². The number of aromatic nitrogens is 1. The third-order valence-electron chi connectivity index (χ3n) is 4.96. The maximum atomic E-state index is 6.28. The molecule has 0 bridgehead atoms. The molecule has 0 amide bonds. The van der Waals surface area contributed by atoms with E-state index in [1.54, 1.807) is 11.3 Å². The molecule has 0 spiro atoms. The Hall–Kier alpha value is -0.930. The number of rotatable bonds is 3. The highest BCUT2D eigenvalue weighted by atomic mass is 32.1. The molecule has 2 atom stereocenters. The van der Waals surface area contributed by atoms with Gasteiger partial charge in [0, 0.05) is 12.2 Å². The van der Waals surface area contributed by atoms with E-state index in [1.165, 1.54) is 10.3 Å². The van der Waals surface area contributed by atoms with Crippen LogP contribution in [0.15, 0.2) is 23.7 Å². The van der Waals surface area contributed by atoms with Crippen LogP contribution < -0.4 is 5.73 Å². The van der Waals surface area contributed by atoms with E-state index in [0.29, 0.717) is 17.4 Å². The van der Waals surface area contributed by atoms with Crippen LogP contribution in [-0.4, -0.2) is 11.0 Å². The predicted octanol–water partition coefficient (Wildman–Crippen LogP) is 3.92. The first-order valence-corrected chi connectivity index (χ1v) is 7.68. The topological polar surface area (TPSA) is 38.9 Å². The molecule has 0 radical (unpaired) electrons. The molecule has 1 aliphatic rings. The molecule has 1 aliphatic carbocycles. The van der Waals surface area contributed by atoms with Crippen LogP contribution in [0.1, 0.15) is 44.6 Å². The summed E-state index contributed by atoms with van der Waals surface area (Å²) in [7, 11) is 0. The van der Waals surface area contributed by atoms with Gasteiger partial charge in [-0.1, -0.05) is 13.8 Å². The molecule has 1 saturated carbocycles. The van der Waals surface area contributed by atoms with E-state index in [9.17, 15) is 0 Å². The van der Waals surface area contributed by atoms with Gasteiger partial charge in [0.2, 0.25) is 0 Å². The standard InChI is InChI=1S/C15H20N2S/c1-3-15(4-2)11(8-14(15)16)10-7-13-12(17-9-10)5-6-18-13/h5-7,9,11,14H,3-4,8,16H2,1-2H3. The van der Waals surface area contributed by atoms with Crippen LogP contribution in [0, 0.1) is 5.41 Å². The minimum atomic E-state index is 0.298. The fourth-order valence-corrected chi connectivity index (χ4v) is 4.40. The summed E-state index contributed by atoms with van der Waals surface area (Å²) in [6.07, 6.45) is 5.50. The van der Waals surface area contributed by atoms with Gasteiger partial charge in [0.15, 0.2) is 0 Å². The number of thiophene rings is 1. The molecule has 96 valence electrons. The van der Waals surface area contributed by atoms with E-state index in [4.69, 9.17) is 5.73 Å². The zero-order chi connectivity index (χ0) is 12.8. The Morgan fingerprint density at radius 3 is 2.89 bits per heavy atom. The van der Waals surface area contributed by atoms with Gasteiger partial charge in [-0.05, 0) is 53.7 Å². The maximum Gasteiger partial charge on any atom is 0.0809 e. The molecule has 2 aromatic heterocycles. The Kier molecular flexibility index (Phi) is 2.91. The van der Waals surface area contributed by atoms with Crippen molar-refractivity contribution in [3.8, 4) is 0 Å². The summed E-state index contributed by atoms with van der Waals surface area (Å²) in [6, 6.07) is 4.77. The van der Waals surface area contributed by atoms with E-state index >= 15 is 0 Å². The van der Waals surface area contributed by atoms with E-state index in [0.717, 1.165) is 24.8 Å². The van der Waals surface area contributed by atoms with Crippen LogP contribution >= 0.6 is 11.3 Å². The zero-order valence-electron chi connectivity index (χ0n) is 11.0. The minimum absolute atomic E-state index is 0.298. The number of hydrogen-bond donors (Lipinski definition) is 1. The molecular weight excluding hydrogens is 240 g/mol. The molecule has 3 rings (SSSR count). The third kappa shape index (κ3) is 1.54. The average Bonchev–Trinajstić information content (AvgIpc) is 2.84. The smallest absolute Gasteiger partial charge is 0.0809 e. The molecular formula is C15H20N2S. The van der Waals surface area contributed by atoms with E-state index < -0.39 is 0 Å². The summed E-state index contributed by atoms with van der Waals surface area (Å²) in [4.78, 5) is 4.57. The lowest BCUT2D eigenvalue weighted by molar-refractivity contribution is 0.0437. The highest BCUT2D eigenvalue weighted by Crippen LogP contribution is 2.56. The lowest BCUT2D eigenvalue weighted by Crippen LogP contribution is -2.55. The van der Waals surface area contributed by atoms with Crippen molar-refractivity contribution >= 4 is 21.6 Å². The Morgan fingerprint density at radius 1 is 1.44 bits per heavy atom. The van der Waals surface area contributed by atoms with Gasteiger partial charge < -0.3 is 5.73 Å².